The van der Waals surface area contributed by atoms with E-state index in [0.29, 0.717) is 21.1 Å². The van der Waals surface area contributed by atoms with Gasteiger partial charge in [0, 0.05) is 10.4 Å². The van der Waals surface area contributed by atoms with Crippen molar-refractivity contribution in [3.05, 3.63) is 51.7 Å². The molecule has 2 aromatic heterocycles. The normalized spacial score (nSPS) is 10.8. The Hall–Kier alpha value is -2.79. The third-order valence-corrected chi connectivity index (χ3v) is 4.91. The molecule has 0 aliphatic carbocycles. The van der Waals surface area contributed by atoms with Gasteiger partial charge in [-0.15, -0.1) is 11.3 Å². The molecule has 7 nitrogen and oxygen atoms in total. The number of nitrogens with zero attached hydrogens (tertiary/aromatic N) is 1. The van der Waals surface area contributed by atoms with E-state index in [1.807, 2.05) is 6.92 Å². The van der Waals surface area contributed by atoms with Crippen LogP contribution in [0.4, 0.5) is 13.9 Å². The van der Waals surface area contributed by atoms with Gasteiger partial charge in [-0.2, -0.15) is 8.78 Å². The second-order valence-corrected chi connectivity index (χ2v) is 7.65. The van der Waals surface area contributed by atoms with Gasteiger partial charge < -0.3 is 19.8 Å². The lowest BCUT2D eigenvalue weighted by Gasteiger charge is -2.05. The SMILES string of the molecule is Cc1sc(NC(=O)CNC(=O)c2ccc(Br)o2)nc1-c1ccc(OC(F)F)cc1. The van der Waals surface area contributed by atoms with Crippen molar-refractivity contribution in [2.75, 3.05) is 11.9 Å². The summed E-state index contributed by atoms with van der Waals surface area (Å²) in [5, 5.41) is 5.41. The van der Waals surface area contributed by atoms with Crippen molar-refractivity contribution in [2.24, 2.45) is 0 Å². The minimum absolute atomic E-state index is 0.0458. The number of anilines is 1. The van der Waals surface area contributed by atoms with Crippen molar-refractivity contribution in [1.29, 1.82) is 0 Å². The van der Waals surface area contributed by atoms with Crippen LogP contribution >= 0.6 is 27.3 Å². The van der Waals surface area contributed by atoms with Crippen molar-refractivity contribution in [3.8, 4) is 17.0 Å². The van der Waals surface area contributed by atoms with Gasteiger partial charge in [0.05, 0.1) is 12.2 Å². The van der Waals surface area contributed by atoms with Gasteiger partial charge in [0.2, 0.25) is 5.91 Å². The number of halogens is 3. The number of aryl methyl sites for hydroxylation is 1. The molecule has 0 radical (unpaired) electrons. The van der Waals surface area contributed by atoms with E-state index in [1.165, 1.54) is 29.5 Å². The first-order valence-electron chi connectivity index (χ1n) is 8.18. The molecule has 0 atom stereocenters. The maximum Gasteiger partial charge on any atom is 0.387 e. The first kappa shape index (κ1) is 20.9. The lowest BCUT2D eigenvalue weighted by Crippen LogP contribution is -2.32. The number of hydrogen-bond acceptors (Lipinski definition) is 6. The van der Waals surface area contributed by atoms with Crippen LogP contribution in [-0.2, 0) is 4.79 Å². The van der Waals surface area contributed by atoms with Crippen LogP contribution in [0.2, 0.25) is 0 Å². The highest BCUT2D eigenvalue weighted by Gasteiger charge is 2.15. The van der Waals surface area contributed by atoms with Gasteiger partial charge in [-0.25, -0.2) is 4.98 Å². The summed E-state index contributed by atoms with van der Waals surface area (Å²) in [6.07, 6.45) is 0. The highest BCUT2D eigenvalue weighted by Crippen LogP contribution is 2.31. The number of nitrogens with one attached hydrogen (secondary N) is 2. The topological polar surface area (TPSA) is 93.5 Å². The summed E-state index contributed by atoms with van der Waals surface area (Å²) in [6, 6.07) is 9.09. The zero-order chi connectivity index (χ0) is 21.0. The minimum Gasteiger partial charge on any atom is -0.444 e. The van der Waals surface area contributed by atoms with Crippen molar-refractivity contribution < 1.29 is 27.5 Å². The Morgan fingerprint density at radius 2 is 1.97 bits per heavy atom. The van der Waals surface area contributed by atoms with E-state index in [4.69, 9.17) is 4.42 Å². The molecule has 2 heterocycles. The number of furan rings is 1. The Morgan fingerprint density at radius 1 is 1.24 bits per heavy atom. The molecule has 0 saturated carbocycles. The van der Waals surface area contributed by atoms with Gasteiger partial charge in [-0.1, -0.05) is 0 Å². The van der Waals surface area contributed by atoms with Crippen LogP contribution in [0.25, 0.3) is 11.3 Å². The first-order valence-corrected chi connectivity index (χ1v) is 9.79. The van der Waals surface area contributed by atoms with E-state index in [-0.39, 0.29) is 18.1 Å². The number of carbonyl (C=O) groups is 2. The number of rotatable bonds is 7. The molecule has 1 aromatic carbocycles. The summed E-state index contributed by atoms with van der Waals surface area (Å²) in [6.45, 7) is -1.33. The molecule has 152 valence electrons. The predicted molar refractivity (Wildman–Crippen MR) is 106 cm³/mol. The van der Waals surface area contributed by atoms with Crippen LogP contribution in [0.3, 0.4) is 0 Å². The van der Waals surface area contributed by atoms with Crippen molar-refractivity contribution in [1.82, 2.24) is 10.3 Å². The van der Waals surface area contributed by atoms with E-state index in [2.05, 4.69) is 36.3 Å². The summed E-state index contributed by atoms with van der Waals surface area (Å²) >= 11 is 4.35. The number of aromatic nitrogens is 1. The number of ether oxygens (including phenoxy) is 1. The highest BCUT2D eigenvalue weighted by atomic mass is 79.9. The molecular weight excluding hydrogens is 472 g/mol. The summed E-state index contributed by atoms with van der Waals surface area (Å²) in [7, 11) is 0. The van der Waals surface area contributed by atoms with Gasteiger partial charge in [0.15, 0.2) is 15.6 Å². The van der Waals surface area contributed by atoms with Gasteiger partial charge >= 0.3 is 6.61 Å². The summed E-state index contributed by atoms with van der Waals surface area (Å²) < 4.78 is 34.3. The fourth-order valence-corrected chi connectivity index (χ4v) is 3.52. The molecule has 0 saturated heterocycles. The molecule has 0 unspecified atom stereocenters. The zero-order valence-electron chi connectivity index (χ0n) is 14.9. The Morgan fingerprint density at radius 3 is 2.59 bits per heavy atom. The molecule has 3 rings (SSSR count). The monoisotopic (exact) mass is 485 g/mol. The number of hydrogen-bond donors (Lipinski definition) is 2. The van der Waals surface area contributed by atoms with E-state index < -0.39 is 18.4 Å². The molecule has 11 heteroatoms. The lowest BCUT2D eigenvalue weighted by atomic mass is 10.1. The Kier molecular flexibility index (Phi) is 6.60. The Bertz CT molecular complexity index is 1020. The number of alkyl halides is 2. The maximum absolute atomic E-state index is 12.2. The fourth-order valence-electron chi connectivity index (χ4n) is 2.36. The van der Waals surface area contributed by atoms with Crippen molar-refractivity contribution in [3.63, 3.8) is 0 Å². The molecule has 0 fully saturated rings. The van der Waals surface area contributed by atoms with Gasteiger partial charge in [0.25, 0.3) is 5.91 Å². The highest BCUT2D eigenvalue weighted by molar-refractivity contribution is 9.10. The second kappa shape index (κ2) is 9.14. The summed E-state index contributed by atoms with van der Waals surface area (Å²) in [5.41, 5.74) is 1.30. The van der Waals surface area contributed by atoms with E-state index in [1.54, 1.807) is 18.2 Å². The summed E-state index contributed by atoms with van der Waals surface area (Å²) in [5.74, 6) is -0.848. The van der Waals surface area contributed by atoms with Gasteiger partial charge in [-0.05, 0) is 59.3 Å². The molecule has 0 aliphatic heterocycles. The predicted octanol–water partition coefficient (Wildman–Crippen LogP) is 4.44. The third kappa shape index (κ3) is 5.61. The molecular formula is C18H14BrF2N3O4S. The van der Waals surface area contributed by atoms with E-state index in [0.717, 1.165) is 4.88 Å². The van der Waals surface area contributed by atoms with Crippen LogP contribution < -0.4 is 15.4 Å². The molecule has 2 N–H and O–H groups in total. The Labute approximate surface area is 176 Å². The molecule has 29 heavy (non-hydrogen) atoms. The van der Waals surface area contributed by atoms with Gasteiger partial charge in [0.1, 0.15) is 5.75 Å². The smallest absolute Gasteiger partial charge is 0.387 e. The molecule has 2 amide bonds. The summed E-state index contributed by atoms with van der Waals surface area (Å²) in [4.78, 5) is 29.1. The van der Waals surface area contributed by atoms with E-state index in [9.17, 15) is 18.4 Å². The molecule has 0 spiro atoms. The van der Waals surface area contributed by atoms with Crippen LogP contribution in [0.15, 0.2) is 45.5 Å². The van der Waals surface area contributed by atoms with Crippen LogP contribution in [0.1, 0.15) is 15.4 Å². The molecule has 0 aliphatic rings. The van der Waals surface area contributed by atoms with Crippen LogP contribution in [-0.4, -0.2) is 30.0 Å². The average molecular weight is 486 g/mol. The number of thiazole rings is 1. The Balaban J connectivity index is 1.59. The maximum atomic E-state index is 12.2. The standard InChI is InChI=1S/C18H14BrF2N3O4S/c1-9-15(10-2-4-11(5-3-10)27-17(20)21)24-18(29-9)23-14(25)8-22-16(26)12-6-7-13(19)28-12/h2-7,17H,8H2,1H3,(H,22,26)(H,23,24,25). The molecule has 3 aromatic rings. The fraction of sp³-hybridized carbons (Fsp3) is 0.167. The number of carbonyl (C=O) groups excluding carboxylic acids is 2. The van der Waals surface area contributed by atoms with Crippen LogP contribution in [0, 0.1) is 6.92 Å². The largest absolute Gasteiger partial charge is 0.444 e. The second-order valence-electron chi connectivity index (χ2n) is 5.66. The zero-order valence-corrected chi connectivity index (χ0v) is 17.3. The third-order valence-electron chi connectivity index (χ3n) is 3.60. The van der Waals surface area contributed by atoms with E-state index >= 15 is 0 Å². The quantitative estimate of drug-likeness (QED) is 0.515. The van der Waals surface area contributed by atoms with Crippen molar-refractivity contribution >= 4 is 44.2 Å². The number of amides is 2. The molecule has 0 bridgehead atoms. The average Bonchev–Trinajstić information content (AvgIpc) is 3.25. The van der Waals surface area contributed by atoms with Gasteiger partial charge in [-0.3, -0.25) is 9.59 Å². The first-order chi connectivity index (χ1) is 13.8. The lowest BCUT2D eigenvalue weighted by molar-refractivity contribution is -0.115. The van der Waals surface area contributed by atoms with Crippen LogP contribution in [0.5, 0.6) is 5.75 Å². The number of benzene rings is 1. The minimum atomic E-state index is -2.89. The van der Waals surface area contributed by atoms with Crippen molar-refractivity contribution in [2.45, 2.75) is 13.5 Å².